The fraction of sp³-hybridized carbons (Fsp3) is 0.417. The fourth-order valence-electron chi connectivity index (χ4n) is 1.02. The molecule has 5 heteroatoms. The number of phenolic OH excluding ortho intramolecular Hbond substituents is 1. The fourth-order valence-corrected chi connectivity index (χ4v) is 1.02. The van der Waals surface area contributed by atoms with E-state index in [1.54, 1.807) is 13.8 Å². The van der Waals surface area contributed by atoms with Gasteiger partial charge in [0.25, 0.3) is 0 Å². The van der Waals surface area contributed by atoms with E-state index in [2.05, 4.69) is 0 Å². The molecule has 0 bridgehead atoms. The number of aliphatic hydroxyl groups is 1. The number of carbonyl (C=O) groups is 1. The predicted octanol–water partition coefficient (Wildman–Crippen LogP) is 1.58. The Morgan fingerprint density at radius 1 is 1.35 bits per heavy atom. The number of benzene rings is 1. The third-order valence-electron chi connectivity index (χ3n) is 1.69. The molecule has 17 heavy (non-hydrogen) atoms. The third-order valence-corrected chi connectivity index (χ3v) is 1.69. The van der Waals surface area contributed by atoms with Gasteiger partial charge in [0.1, 0.15) is 0 Å². The average molecular weight is 242 g/mol. The van der Waals surface area contributed by atoms with E-state index in [9.17, 15) is 9.90 Å². The van der Waals surface area contributed by atoms with E-state index in [0.29, 0.717) is 12.2 Å². The number of carbonyl (C=O) groups excluding carboxylic acids is 1. The summed E-state index contributed by atoms with van der Waals surface area (Å²) in [5.41, 5.74) is 0.363. The highest BCUT2D eigenvalue weighted by molar-refractivity contribution is 5.90. The van der Waals surface area contributed by atoms with E-state index in [1.165, 1.54) is 25.3 Å². The molecule has 0 spiro atoms. The lowest BCUT2D eigenvalue weighted by molar-refractivity contribution is 0.0526. The van der Waals surface area contributed by atoms with E-state index in [-0.39, 0.29) is 18.1 Å². The number of aromatic hydroxyl groups is 1. The zero-order valence-corrected chi connectivity index (χ0v) is 10.3. The topological polar surface area (TPSA) is 76.0 Å². The highest BCUT2D eigenvalue weighted by Gasteiger charge is 2.09. The number of phenols is 1. The second kappa shape index (κ2) is 8.41. The zero-order valence-electron chi connectivity index (χ0n) is 10.3. The van der Waals surface area contributed by atoms with E-state index in [4.69, 9.17) is 14.6 Å². The van der Waals surface area contributed by atoms with Gasteiger partial charge in [-0.05, 0) is 32.0 Å². The van der Waals surface area contributed by atoms with Crippen LogP contribution in [0.2, 0.25) is 0 Å². The molecule has 0 saturated heterocycles. The minimum Gasteiger partial charge on any atom is -0.504 e. The Bertz CT molecular complexity index is 349. The second-order valence-electron chi connectivity index (χ2n) is 2.92. The maximum atomic E-state index is 11.3. The van der Waals surface area contributed by atoms with Crippen molar-refractivity contribution in [3.05, 3.63) is 23.8 Å². The van der Waals surface area contributed by atoms with Gasteiger partial charge in [0.15, 0.2) is 11.5 Å². The molecule has 0 radical (unpaired) electrons. The molecule has 2 N–H and O–H groups in total. The first-order valence-electron chi connectivity index (χ1n) is 5.25. The van der Waals surface area contributed by atoms with Gasteiger partial charge in [0.2, 0.25) is 0 Å². The maximum Gasteiger partial charge on any atom is 0.338 e. The molecule has 0 aliphatic carbocycles. The molecule has 0 heterocycles. The van der Waals surface area contributed by atoms with Crippen LogP contribution in [0.5, 0.6) is 11.5 Å². The molecular formula is C12H18O5. The summed E-state index contributed by atoms with van der Waals surface area (Å²) < 4.78 is 9.65. The third kappa shape index (κ3) is 5.21. The average Bonchev–Trinajstić information content (AvgIpc) is 2.31. The van der Waals surface area contributed by atoms with Crippen LogP contribution >= 0.6 is 0 Å². The molecule has 0 aliphatic rings. The second-order valence-corrected chi connectivity index (χ2v) is 2.92. The van der Waals surface area contributed by atoms with Crippen molar-refractivity contribution in [2.75, 3.05) is 20.3 Å². The summed E-state index contributed by atoms with van der Waals surface area (Å²) in [5, 5.41) is 16.8. The summed E-state index contributed by atoms with van der Waals surface area (Å²) in [6.45, 7) is 3.98. The molecule has 1 aromatic carbocycles. The molecular weight excluding hydrogens is 224 g/mol. The van der Waals surface area contributed by atoms with Crippen LogP contribution in [-0.2, 0) is 4.74 Å². The van der Waals surface area contributed by atoms with Crippen molar-refractivity contribution < 1.29 is 24.5 Å². The van der Waals surface area contributed by atoms with Crippen LogP contribution in [0.3, 0.4) is 0 Å². The lowest BCUT2D eigenvalue weighted by Gasteiger charge is -2.05. The van der Waals surface area contributed by atoms with Crippen molar-refractivity contribution >= 4 is 5.97 Å². The van der Waals surface area contributed by atoms with E-state index < -0.39 is 5.97 Å². The smallest absolute Gasteiger partial charge is 0.338 e. The molecule has 0 aromatic heterocycles. The van der Waals surface area contributed by atoms with Gasteiger partial charge in [0, 0.05) is 6.61 Å². The van der Waals surface area contributed by atoms with Gasteiger partial charge >= 0.3 is 5.97 Å². The summed E-state index contributed by atoms with van der Waals surface area (Å²) in [4.78, 5) is 11.3. The van der Waals surface area contributed by atoms with Gasteiger partial charge in [0.05, 0.1) is 19.3 Å². The quantitative estimate of drug-likeness (QED) is 0.787. The van der Waals surface area contributed by atoms with Gasteiger partial charge in [-0.15, -0.1) is 0 Å². The highest BCUT2D eigenvalue weighted by Crippen LogP contribution is 2.26. The molecule has 1 rings (SSSR count). The highest BCUT2D eigenvalue weighted by atomic mass is 16.5. The molecule has 96 valence electrons. The van der Waals surface area contributed by atoms with Crippen LogP contribution in [0.4, 0.5) is 0 Å². The van der Waals surface area contributed by atoms with Crippen molar-refractivity contribution in [3.8, 4) is 11.5 Å². The van der Waals surface area contributed by atoms with Crippen molar-refractivity contribution in [2.24, 2.45) is 0 Å². The number of hydrogen-bond donors (Lipinski definition) is 2. The predicted molar refractivity (Wildman–Crippen MR) is 63.4 cm³/mol. The summed E-state index contributed by atoms with van der Waals surface area (Å²) in [6, 6.07) is 4.31. The maximum absolute atomic E-state index is 11.3. The number of ether oxygens (including phenoxy) is 2. The first-order chi connectivity index (χ1) is 8.10. The van der Waals surface area contributed by atoms with Gasteiger partial charge in [-0.3, -0.25) is 0 Å². The normalized spacial score (nSPS) is 8.94. The van der Waals surface area contributed by atoms with E-state index in [1.807, 2.05) is 0 Å². The number of rotatable bonds is 3. The molecule has 0 fully saturated rings. The Kier molecular flexibility index (Phi) is 7.54. The van der Waals surface area contributed by atoms with Crippen LogP contribution in [0.15, 0.2) is 18.2 Å². The Balaban J connectivity index is 0.000000770. The standard InChI is InChI=1S/C10H12O4.C2H6O/c1-3-14-10(12)7-4-5-8(11)9(6-7)13-2;1-2-3/h4-6,11H,3H2,1-2H3;3H,2H2,1H3. The monoisotopic (exact) mass is 242 g/mol. The minimum atomic E-state index is -0.425. The van der Waals surface area contributed by atoms with Crippen LogP contribution in [0.25, 0.3) is 0 Å². The SMILES string of the molecule is CCO.CCOC(=O)c1ccc(O)c(OC)c1. The van der Waals surface area contributed by atoms with Crippen LogP contribution < -0.4 is 4.74 Å². The summed E-state index contributed by atoms with van der Waals surface area (Å²) in [7, 11) is 1.42. The first kappa shape index (κ1) is 15.2. The van der Waals surface area contributed by atoms with Crippen LogP contribution in [-0.4, -0.2) is 36.5 Å². The minimum absolute atomic E-state index is 0.000508. The zero-order chi connectivity index (χ0) is 13.3. The molecule has 0 unspecified atom stereocenters. The number of methoxy groups -OCH3 is 1. The Labute approximate surface area is 101 Å². The Morgan fingerprint density at radius 3 is 2.41 bits per heavy atom. The lowest BCUT2D eigenvalue weighted by Crippen LogP contribution is -2.04. The molecule has 1 aromatic rings. The molecule has 0 amide bonds. The Morgan fingerprint density at radius 2 is 1.94 bits per heavy atom. The van der Waals surface area contributed by atoms with Crippen molar-refractivity contribution in [3.63, 3.8) is 0 Å². The lowest BCUT2D eigenvalue weighted by atomic mass is 10.2. The van der Waals surface area contributed by atoms with Gasteiger partial charge in [-0.2, -0.15) is 0 Å². The summed E-state index contributed by atoms with van der Waals surface area (Å²) in [5.74, 6) is -0.165. The van der Waals surface area contributed by atoms with Crippen molar-refractivity contribution in [2.45, 2.75) is 13.8 Å². The summed E-state index contributed by atoms with van der Waals surface area (Å²) >= 11 is 0. The van der Waals surface area contributed by atoms with Gasteiger partial charge < -0.3 is 19.7 Å². The van der Waals surface area contributed by atoms with Gasteiger partial charge in [-0.1, -0.05) is 0 Å². The summed E-state index contributed by atoms with van der Waals surface area (Å²) in [6.07, 6.45) is 0. The molecule has 0 atom stereocenters. The largest absolute Gasteiger partial charge is 0.504 e. The van der Waals surface area contributed by atoms with Crippen molar-refractivity contribution in [1.29, 1.82) is 0 Å². The number of aliphatic hydroxyl groups excluding tert-OH is 1. The molecule has 0 aliphatic heterocycles. The number of esters is 1. The van der Waals surface area contributed by atoms with E-state index in [0.717, 1.165) is 0 Å². The van der Waals surface area contributed by atoms with Gasteiger partial charge in [-0.25, -0.2) is 4.79 Å². The molecule has 0 saturated carbocycles. The van der Waals surface area contributed by atoms with Crippen molar-refractivity contribution in [1.82, 2.24) is 0 Å². The van der Waals surface area contributed by atoms with Crippen LogP contribution in [0.1, 0.15) is 24.2 Å². The van der Waals surface area contributed by atoms with E-state index >= 15 is 0 Å². The van der Waals surface area contributed by atoms with Crippen LogP contribution in [0, 0.1) is 0 Å². The number of hydrogen-bond acceptors (Lipinski definition) is 5. The first-order valence-corrected chi connectivity index (χ1v) is 5.25. The Hall–Kier alpha value is -1.75. The molecule has 5 nitrogen and oxygen atoms in total.